The van der Waals surface area contributed by atoms with Gasteiger partial charge in [-0.15, -0.1) is 11.3 Å². The number of nitrogens with two attached hydrogens (primary N) is 1. The van der Waals surface area contributed by atoms with Gasteiger partial charge in [-0.25, -0.2) is 9.67 Å². The Morgan fingerprint density at radius 1 is 1.28 bits per heavy atom. The van der Waals surface area contributed by atoms with Gasteiger partial charge in [0, 0.05) is 19.0 Å². The van der Waals surface area contributed by atoms with Gasteiger partial charge >= 0.3 is 0 Å². The normalized spacial score (nSPS) is 16.2. The number of likely N-dealkylation sites (tertiary alicyclic amines) is 1. The Kier molecular flexibility index (Phi) is 5.06. The molecule has 8 nitrogen and oxygen atoms in total. The smallest absolute Gasteiger partial charge is 0.265 e. The molecule has 0 bridgehead atoms. The van der Waals surface area contributed by atoms with Crippen molar-refractivity contribution in [2.45, 2.75) is 13.3 Å². The molecule has 1 saturated heterocycles. The summed E-state index contributed by atoms with van der Waals surface area (Å²) < 4.78 is 6.69. The summed E-state index contributed by atoms with van der Waals surface area (Å²) in [5.74, 6) is 0.578. The minimum atomic E-state index is -0.289. The van der Waals surface area contributed by atoms with E-state index in [9.17, 15) is 9.59 Å². The Balaban J connectivity index is 1.50. The number of ether oxygens (including phenoxy) is 1. The van der Waals surface area contributed by atoms with Crippen LogP contribution in [0.25, 0.3) is 5.69 Å². The SMILES string of the molecule is COc1ccc(-n2ncc(C(=O)[C@H]3CCN(C(=O)c4scnc4C)C3)c2N)cc1. The molecule has 0 saturated carbocycles. The van der Waals surface area contributed by atoms with Crippen molar-refractivity contribution in [1.29, 1.82) is 0 Å². The fraction of sp³-hybridized carbons (Fsp3) is 0.300. The summed E-state index contributed by atoms with van der Waals surface area (Å²) >= 11 is 1.33. The zero-order valence-electron chi connectivity index (χ0n) is 16.2. The van der Waals surface area contributed by atoms with Gasteiger partial charge in [0.05, 0.1) is 35.8 Å². The third kappa shape index (κ3) is 3.49. The highest BCUT2D eigenvalue weighted by atomic mass is 32.1. The van der Waals surface area contributed by atoms with E-state index in [-0.39, 0.29) is 17.6 Å². The molecule has 3 aromatic rings. The number of aryl methyl sites for hydroxylation is 1. The number of nitrogen functional groups attached to an aromatic ring is 1. The minimum absolute atomic E-state index is 0.0674. The molecule has 29 heavy (non-hydrogen) atoms. The summed E-state index contributed by atoms with van der Waals surface area (Å²) in [5, 5.41) is 4.28. The van der Waals surface area contributed by atoms with Gasteiger partial charge in [0.2, 0.25) is 0 Å². The number of rotatable bonds is 5. The van der Waals surface area contributed by atoms with E-state index in [0.29, 0.717) is 35.8 Å². The lowest BCUT2D eigenvalue weighted by Gasteiger charge is -2.15. The number of amides is 1. The number of Topliss-reactive ketones (excluding diaryl/α,β-unsaturated/α-hetero) is 1. The third-order valence-electron chi connectivity index (χ3n) is 5.17. The van der Waals surface area contributed by atoms with Crippen molar-refractivity contribution in [2.75, 3.05) is 25.9 Å². The Labute approximate surface area is 171 Å². The maximum Gasteiger partial charge on any atom is 0.265 e. The average Bonchev–Trinajstić information content (AvgIpc) is 3.47. The predicted octanol–water partition coefficient (Wildman–Crippen LogP) is 2.57. The molecule has 0 spiro atoms. The zero-order chi connectivity index (χ0) is 20.5. The number of carbonyl (C=O) groups is 2. The second-order valence-electron chi connectivity index (χ2n) is 6.92. The standard InChI is InChI=1S/C20H21N5O3S/c1-12-18(29-11-22-12)20(27)24-8-7-13(10-24)17(26)16-9-23-25(19(16)21)14-3-5-15(28-2)6-4-14/h3-6,9,11,13H,7-8,10,21H2,1-2H3/t13-/m0/s1. The summed E-state index contributed by atoms with van der Waals surface area (Å²) in [4.78, 5) is 32.2. The van der Waals surface area contributed by atoms with Crippen molar-refractivity contribution in [1.82, 2.24) is 19.7 Å². The molecule has 2 N–H and O–H groups in total. The molecule has 9 heteroatoms. The monoisotopic (exact) mass is 411 g/mol. The fourth-order valence-corrected chi connectivity index (χ4v) is 4.28. The van der Waals surface area contributed by atoms with Crippen LogP contribution in [-0.2, 0) is 0 Å². The van der Waals surface area contributed by atoms with Crippen LogP contribution >= 0.6 is 11.3 Å². The topological polar surface area (TPSA) is 103 Å². The van der Waals surface area contributed by atoms with E-state index < -0.39 is 0 Å². The Bertz CT molecular complexity index is 1060. The van der Waals surface area contributed by atoms with Crippen molar-refractivity contribution >= 4 is 28.8 Å². The number of carbonyl (C=O) groups excluding carboxylic acids is 2. The molecule has 1 atom stereocenters. The minimum Gasteiger partial charge on any atom is -0.497 e. The average molecular weight is 411 g/mol. The summed E-state index contributed by atoms with van der Waals surface area (Å²) in [6.07, 6.45) is 2.11. The molecule has 3 heterocycles. The van der Waals surface area contributed by atoms with Gasteiger partial charge < -0.3 is 15.4 Å². The van der Waals surface area contributed by atoms with Gasteiger partial charge in [0.15, 0.2) is 5.78 Å². The third-order valence-corrected chi connectivity index (χ3v) is 6.09. The number of aromatic nitrogens is 3. The molecule has 2 aromatic heterocycles. The number of thiazole rings is 1. The highest BCUT2D eigenvalue weighted by molar-refractivity contribution is 7.11. The van der Waals surface area contributed by atoms with Crippen LogP contribution in [0.15, 0.2) is 36.0 Å². The summed E-state index contributed by atoms with van der Waals surface area (Å²) in [5.41, 5.74) is 9.74. The van der Waals surface area contributed by atoms with Crippen LogP contribution in [0.4, 0.5) is 5.82 Å². The van der Waals surface area contributed by atoms with Crippen molar-refractivity contribution in [3.8, 4) is 11.4 Å². The van der Waals surface area contributed by atoms with Crippen molar-refractivity contribution in [3.05, 3.63) is 52.1 Å². The van der Waals surface area contributed by atoms with Gasteiger partial charge in [-0.05, 0) is 37.6 Å². The molecule has 1 aromatic carbocycles. The Morgan fingerprint density at radius 3 is 2.69 bits per heavy atom. The molecule has 0 radical (unpaired) electrons. The predicted molar refractivity (Wildman–Crippen MR) is 110 cm³/mol. The quantitative estimate of drug-likeness (QED) is 0.647. The number of anilines is 1. The number of hydrogen-bond acceptors (Lipinski definition) is 7. The van der Waals surface area contributed by atoms with Crippen LogP contribution in [0.5, 0.6) is 5.75 Å². The van der Waals surface area contributed by atoms with Crippen LogP contribution in [0, 0.1) is 12.8 Å². The van der Waals surface area contributed by atoms with Crippen LogP contribution < -0.4 is 10.5 Å². The molecular weight excluding hydrogens is 390 g/mol. The number of nitrogens with zero attached hydrogens (tertiary/aromatic N) is 4. The van der Waals surface area contributed by atoms with Crippen LogP contribution in [0.2, 0.25) is 0 Å². The van der Waals surface area contributed by atoms with Crippen molar-refractivity contribution in [3.63, 3.8) is 0 Å². The lowest BCUT2D eigenvalue weighted by atomic mass is 9.98. The highest BCUT2D eigenvalue weighted by Gasteiger charge is 2.34. The van der Waals surface area contributed by atoms with Crippen molar-refractivity contribution in [2.24, 2.45) is 5.92 Å². The molecule has 1 fully saturated rings. The first-order valence-corrected chi connectivity index (χ1v) is 10.1. The first kappa shape index (κ1) is 19.1. The molecule has 1 amide bonds. The number of benzene rings is 1. The van der Waals surface area contributed by atoms with Crippen molar-refractivity contribution < 1.29 is 14.3 Å². The van der Waals surface area contributed by atoms with E-state index in [0.717, 1.165) is 17.1 Å². The number of methoxy groups -OCH3 is 1. The fourth-order valence-electron chi connectivity index (χ4n) is 3.51. The Morgan fingerprint density at radius 2 is 2.03 bits per heavy atom. The molecule has 150 valence electrons. The maximum absolute atomic E-state index is 13.0. The van der Waals surface area contributed by atoms with Gasteiger partial charge in [-0.2, -0.15) is 5.10 Å². The highest BCUT2D eigenvalue weighted by Crippen LogP contribution is 2.27. The molecule has 0 aliphatic carbocycles. The zero-order valence-corrected chi connectivity index (χ0v) is 17.0. The van der Waals surface area contributed by atoms with E-state index >= 15 is 0 Å². The van der Waals surface area contributed by atoms with Gasteiger partial charge in [-0.1, -0.05) is 0 Å². The first-order chi connectivity index (χ1) is 14.0. The summed E-state index contributed by atoms with van der Waals surface area (Å²) in [6, 6.07) is 7.26. The molecule has 4 rings (SSSR count). The van der Waals surface area contributed by atoms with E-state index in [1.165, 1.54) is 22.2 Å². The van der Waals surface area contributed by atoms with Crippen LogP contribution in [0.3, 0.4) is 0 Å². The first-order valence-electron chi connectivity index (χ1n) is 9.21. The van der Waals surface area contributed by atoms with Gasteiger partial charge in [0.1, 0.15) is 16.4 Å². The molecule has 0 unspecified atom stereocenters. The second-order valence-corrected chi connectivity index (χ2v) is 7.78. The van der Waals surface area contributed by atoms with Crippen LogP contribution in [0.1, 0.15) is 32.1 Å². The van der Waals surface area contributed by atoms with E-state index in [4.69, 9.17) is 10.5 Å². The lowest BCUT2D eigenvalue weighted by Crippen LogP contribution is -2.30. The molecular formula is C20H21N5O3S. The molecule has 1 aliphatic rings. The summed E-state index contributed by atoms with van der Waals surface area (Å²) in [6.45, 7) is 2.73. The maximum atomic E-state index is 13.0. The van der Waals surface area contributed by atoms with Crippen LogP contribution in [-0.4, -0.2) is 51.6 Å². The molecule has 1 aliphatic heterocycles. The van der Waals surface area contributed by atoms with E-state index in [1.807, 2.05) is 19.1 Å². The second kappa shape index (κ2) is 7.67. The summed E-state index contributed by atoms with van der Waals surface area (Å²) in [7, 11) is 1.60. The van der Waals surface area contributed by atoms with Gasteiger partial charge in [-0.3, -0.25) is 9.59 Å². The van der Waals surface area contributed by atoms with Gasteiger partial charge in [0.25, 0.3) is 5.91 Å². The number of hydrogen-bond donors (Lipinski definition) is 1. The largest absolute Gasteiger partial charge is 0.497 e. The van der Waals surface area contributed by atoms with E-state index in [1.54, 1.807) is 29.7 Å². The Hall–Kier alpha value is -3.20. The number of ketones is 1. The van der Waals surface area contributed by atoms with E-state index in [2.05, 4.69) is 10.1 Å². The lowest BCUT2D eigenvalue weighted by molar-refractivity contribution is 0.0784.